The van der Waals surface area contributed by atoms with Gasteiger partial charge in [-0.1, -0.05) is 13.0 Å². The van der Waals surface area contributed by atoms with Crippen LogP contribution in [-0.4, -0.2) is 24.6 Å². The molecule has 0 bridgehead atoms. The Labute approximate surface area is 113 Å². The molecule has 0 saturated carbocycles. The Morgan fingerprint density at radius 2 is 2.39 bits per heavy atom. The highest BCUT2D eigenvalue weighted by Crippen LogP contribution is 2.43. The van der Waals surface area contributed by atoms with Gasteiger partial charge in [-0.2, -0.15) is 0 Å². The monoisotopic (exact) mass is 261 g/mol. The minimum atomic E-state index is 0.256. The average Bonchev–Trinajstić information content (AvgIpc) is 2.85. The van der Waals surface area contributed by atoms with Gasteiger partial charge in [-0.15, -0.1) is 11.8 Å². The highest BCUT2D eigenvalue weighted by atomic mass is 32.2. The Kier molecular flexibility index (Phi) is 3.20. The van der Waals surface area contributed by atoms with E-state index in [0.717, 1.165) is 25.1 Å². The van der Waals surface area contributed by atoms with Crippen molar-refractivity contribution < 1.29 is 4.79 Å². The molecule has 1 fully saturated rings. The zero-order valence-electron chi connectivity index (χ0n) is 10.8. The molecule has 1 atom stereocenters. The molecule has 2 nitrogen and oxygen atoms in total. The number of hydrogen-bond acceptors (Lipinski definition) is 3. The molecule has 2 heterocycles. The van der Waals surface area contributed by atoms with E-state index in [-0.39, 0.29) is 5.78 Å². The minimum absolute atomic E-state index is 0.256. The first-order chi connectivity index (χ1) is 8.72. The van der Waals surface area contributed by atoms with E-state index in [0.29, 0.717) is 11.8 Å². The van der Waals surface area contributed by atoms with Crippen LogP contribution in [0.2, 0.25) is 0 Å². The summed E-state index contributed by atoms with van der Waals surface area (Å²) in [4.78, 5) is 13.2. The van der Waals surface area contributed by atoms with Crippen molar-refractivity contribution in [1.29, 1.82) is 0 Å². The summed E-state index contributed by atoms with van der Waals surface area (Å²) in [5.41, 5.74) is 2.71. The summed E-state index contributed by atoms with van der Waals surface area (Å²) in [5, 5.41) is 3.48. The first kappa shape index (κ1) is 12.2. The molecule has 1 N–H and O–H groups in total. The van der Waals surface area contributed by atoms with Gasteiger partial charge in [-0.25, -0.2) is 0 Å². The Hall–Kier alpha value is -0.800. The summed E-state index contributed by atoms with van der Waals surface area (Å²) in [6.07, 6.45) is 3.00. The third kappa shape index (κ3) is 2.10. The van der Waals surface area contributed by atoms with Crippen molar-refractivity contribution in [1.82, 2.24) is 5.32 Å². The van der Waals surface area contributed by atoms with E-state index in [1.165, 1.54) is 22.6 Å². The Morgan fingerprint density at radius 1 is 1.50 bits per heavy atom. The lowest BCUT2D eigenvalue weighted by Crippen LogP contribution is -2.32. The highest BCUT2D eigenvalue weighted by molar-refractivity contribution is 7.99. The molecule has 0 radical (unpaired) electrons. The van der Waals surface area contributed by atoms with Crippen LogP contribution < -0.4 is 5.32 Å². The molecule has 3 rings (SSSR count). The van der Waals surface area contributed by atoms with Crippen LogP contribution in [0.1, 0.15) is 35.7 Å². The van der Waals surface area contributed by atoms with Crippen LogP contribution in [0.25, 0.3) is 0 Å². The van der Waals surface area contributed by atoms with Gasteiger partial charge in [-0.05, 0) is 42.5 Å². The molecule has 0 amide bonds. The molecule has 1 saturated heterocycles. The van der Waals surface area contributed by atoms with Crippen LogP contribution in [0, 0.1) is 5.41 Å². The summed E-state index contributed by atoms with van der Waals surface area (Å²) in [5.74, 6) is 1.47. The Bertz CT molecular complexity index is 477. The normalized spacial score (nSPS) is 26.3. The van der Waals surface area contributed by atoms with Crippen molar-refractivity contribution in [2.24, 2.45) is 5.41 Å². The van der Waals surface area contributed by atoms with Gasteiger partial charge in [0.2, 0.25) is 0 Å². The predicted octanol–water partition coefficient (Wildman–Crippen LogP) is 2.91. The van der Waals surface area contributed by atoms with Crippen molar-refractivity contribution in [3.63, 3.8) is 0 Å². The van der Waals surface area contributed by atoms with Gasteiger partial charge in [0.25, 0.3) is 0 Å². The van der Waals surface area contributed by atoms with Gasteiger partial charge in [0.1, 0.15) is 0 Å². The molecule has 3 heteroatoms. The molecule has 2 aliphatic heterocycles. The maximum Gasteiger partial charge on any atom is 0.162 e. The van der Waals surface area contributed by atoms with E-state index in [4.69, 9.17) is 0 Å². The molecule has 1 aromatic carbocycles. The van der Waals surface area contributed by atoms with Crippen molar-refractivity contribution in [2.75, 3.05) is 18.8 Å². The number of fused-ring (bicyclic) bond motifs is 1. The smallest absolute Gasteiger partial charge is 0.162 e. The number of rotatable bonds is 2. The predicted molar refractivity (Wildman–Crippen MR) is 75.4 cm³/mol. The molecular weight excluding hydrogens is 242 g/mol. The first-order valence-corrected chi connectivity index (χ1v) is 7.71. The van der Waals surface area contributed by atoms with E-state index in [1.807, 2.05) is 24.8 Å². The third-order valence-electron chi connectivity index (χ3n) is 4.13. The summed E-state index contributed by atoms with van der Waals surface area (Å²) in [6.45, 7) is 4.20. The Balaban J connectivity index is 1.91. The van der Waals surface area contributed by atoms with E-state index < -0.39 is 0 Å². The number of benzene rings is 1. The molecule has 1 aromatic rings. The number of thioether (sulfide) groups is 1. The second kappa shape index (κ2) is 4.71. The zero-order valence-corrected chi connectivity index (χ0v) is 11.6. The third-order valence-corrected chi connectivity index (χ3v) is 5.60. The van der Waals surface area contributed by atoms with Crippen molar-refractivity contribution >= 4 is 17.5 Å². The van der Waals surface area contributed by atoms with E-state index >= 15 is 0 Å². The van der Waals surface area contributed by atoms with Gasteiger partial charge in [0.15, 0.2) is 5.78 Å². The van der Waals surface area contributed by atoms with Gasteiger partial charge in [-0.3, -0.25) is 4.79 Å². The average molecular weight is 261 g/mol. The largest absolute Gasteiger partial charge is 0.316 e. The topological polar surface area (TPSA) is 29.1 Å². The van der Waals surface area contributed by atoms with Crippen LogP contribution in [0.3, 0.4) is 0 Å². The molecule has 0 aromatic heterocycles. The first-order valence-electron chi connectivity index (χ1n) is 6.72. The molecule has 1 spiro atoms. The van der Waals surface area contributed by atoms with Crippen molar-refractivity contribution in [3.8, 4) is 0 Å². The fourth-order valence-corrected chi connectivity index (χ4v) is 4.28. The molecule has 96 valence electrons. The van der Waals surface area contributed by atoms with E-state index in [1.54, 1.807) is 0 Å². The lowest BCUT2D eigenvalue weighted by molar-refractivity contribution is 0.0988. The number of carbonyl (C=O) groups is 1. The minimum Gasteiger partial charge on any atom is -0.316 e. The second-order valence-electron chi connectivity index (χ2n) is 5.49. The number of carbonyl (C=O) groups excluding carboxylic acids is 1. The molecule has 1 unspecified atom stereocenters. The highest BCUT2D eigenvalue weighted by Gasteiger charge is 2.37. The SMILES string of the molecule is CCC(=O)c1ccc2c(c1)CC1(CCNC1)CS2. The number of hydrogen-bond donors (Lipinski definition) is 1. The fraction of sp³-hybridized carbons (Fsp3) is 0.533. The quantitative estimate of drug-likeness (QED) is 0.830. The summed E-state index contributed by atoms with van der Waals surface area (Å²) >= 11 is 1.96. The number of nitrogens with one attached hydrogen (secondary N) is 1. The zero-order chi connectivity index (χ0) is 12.6. The van der Waals surface area contributed by atoms with Crippen LogP contribution in [0.5, 0.6) is 0 Å². The van der Waals surface area contributed by atoms with Crippen LogP contribution in [0.4, 0.5) is 0 Å². The maximum atomic E-state index is 11.8. The van der Waals surface area contributed by atoms with Crippen LogP contribution in [-0.2, 0) is 6.42 Å². The fourth-order valence-electron chi connectivity index (χ4n) is 2.99. The lowest BCUT2D eigenvalue weighted by Gasteiger charge is -2.33. The van der Waals surface area contributed by atoms with E-state index in [2.05, 4.69) is 17.4 Å². The summed E-state index contributed by atoms with van der Waals surface area (Å²) in [6, 6.07) is 6.26. The number of ketones is 1. The van der Waals surface area contributed by atoms with Crippen molar-refractivity contribution in [3.05, 3.63) is 29.3 Å². The van der Waals surface area contributed by atoms with Gasteiger partial charge < -0.3 is 5.32 Å². The molecule has 0 aliphatic carbocycles. The van der Waals surface area contributed by atoms with Gasteiger partial charge in [0.05, 0.1) is 0 Å². The maximum absolute atomic E-state index is 11.8. The molecule has 18 heavy (non-hydrogen) atoms. The summed E-state index contributed by atoms with van der Waals surface area (Å²) < 4.78 is 0. The second-order valence-corrected chi connectivity index (χ2v) is 6.51. The summed E-state index contributed by atoms with van der Waals surface area (Å²) in [7, 11) is 0. The van der Waals surface area contributed by atoms with Crippen LogP contribution >= 0.6 is 11.8 Å². The van der Waals surface area contributed by atoms with Gasteiger partial charge >= 0.3 is 0 Å². The lowest BCUT2D eigenvalue weighted by atomic mass is 9.82. The molecular formula is C15H19NOS. The van der Waals surface area contributed by atoms with Crippen LogP contribution in [0.15, 0.2) is 23.1 Å². The van der Waals surface area contributed by atoms with E-state index in [9.17, 15) is 4.79 Å². The Morgan fingerprint density at radius 3 is 3.11 bits per heavy atom. The standard InChI is InChI=1S/C15H19NOS/c1-2-13(17)11-3-4-14-12(7-11)8-15(10-18-14)5-6-16-9-15/h3-4,7,16H,2,5-6,8-10H2,1H3. The van der Waals surface area contributed by atoms with Crippen molar-refractivity contribution in [2.45, 2.75) is 31.1 Å². The number of Topliss-reactive ketones (excluding diaryl/α,β-unsaturated/α-hetero) is 1. The molecule has 2 aliphatic rings. The van der Waals surface area contributed by atoms with Gasteiger partial charge in [0, 0.05) is 29.2 Å².